The summed E-state index contributed by atoms with van der Waals surface area (Å²) < 4.78 is 8.90. The Morgan fingerprint density at radius 1 is 1.18 bits per heavy atom. The molecule has 0 spiro atoms. The predicted molar refractivity (Wildman–Crippen MR) is 73.7 cm³/mol. The van der Waals surface area contributed by atoms with Crippen LogP contribution in [0.4, 0.5) is 0 Å². The zero-order chi connectivity index (χ0) is 12.5. The van der Waals surface area contributed by atoms with Gasteiger partial charge in [0.05, 0.1) is 0 Å². The van der Waals surface area contributed by atoms with E-state index in [-0.39, 0.29) is 11.0 Å². The van der Waals surface area contributed by atoms with Crippen LogP contribution in [0, 0.1) is 5.41 Å². The van der Waals surface area contributed by atoms with E-state index in [1.165, 1.54) is 8.93 Å². The van der Waals surface area contributed by atoms with Gasteiger partial charge in [-0.2, -0.15) is 0 Å². The summed E-state index contributed by atoms with van der Waals surface area (Å²) in [7, 11) is 0. The summed E-state index contributed by atoms with van der Waals surface area (Å²) in [6.45, 7) is 9.70. The van der Waals surface area contributed by atoms with Gasteiger partial charge >= 0.3 is 110 Å². The fourth-order valence-electron chi connectivity index (χ4n) is 1.74. The van der Waals surface area contributed by atoms with Crippen LogP contribution < -0.4 is 4.46 Å². The maximum atomic E-state index is 6.01. The SMILES string of the molecule is CC(C)(C)C1(C)C=C([Se]c2ccccc2)CO1. The molecule has 1 nitrogen and oxygen atoms in total. The topological polar surface area (TPSA) is 9.23 Å². The quantitative estimate of drug-likeness (QED) is 0.762. The van der Waals surface area contributed by atoms with E-state index in [1.807, 2.05) is 0 Å². The predicted octanol–water partition coefficient (Wildman–Crippen LogP) is 2.74. The summed E-state index contributed by atoms with van der Waals surface area (Å²) in [5.74, 6) is 0. The second-order valence-electron chi connectivity index (χ2n) is 5.67. The Hall–Kier alpha value is -0.561. The number of benzene rings is 1. The Morgan fingerprint density at radius 3 is 2.35 bits per heavy atom. The van der Waals surface area contributed by atoms with E-state index in [0.717, 1.165) is 6.61 Å². The van der Waals surface area contributed by atoms with E-state index < -0.39 is 0 Å². The van der Waals surface area contributed by atoms with Gasteiger partial charge in [-0.3, -0.25) is 0 Å². The van der Waals surface area contributed by atoms with Crippen molar-refractivity contribution in [2.24, 2.45) is 5.41 Å². The molecule has 2 heteroatoms. The summed E-state index contributed by atoms with van der Waals surface area (Å²) in [6.07, 6.45) is 2.35. The van der Waals surface area contributed by atoms with Crippen LogP contribution in [0.15, 0.2) is 40.9 Å². The van der Waals surface area contributed by atoms with Gasteiger partial charge in [0.1, 0.15) is 0 Å². The zero-order valence-corrected chi connectivity index (χ0v) is 12.7. The molecule has 0 saturated carbocycles. The van der Waals surface area contributed by atoms with Crippen LogP contribution in [0.25, 0.3) is 0 Å². The molecular weight excluding hydrogens is 275 g/mol. The van der Waals surface area contributed by atoms with E-state index in [9.17, 15) is 0 Å². The van der Waals surface area contributed by atoms with Gasteiger partial charge in [-0.15, -0.1) is 0 Å². The number of hydrogen-bond acceptors (Lipinski definition) is 1. The summed E-state index contributed by atoms with van der Waals surface area (Å²) in [6, 6.07) is 10.7. The van der Waals surface area contributed by atoms with Crippen molar-refractivity contribution in [3.63, 3.8) is 0 Å². The third-order valence-corrected chi connectivity index (χ3v) is 5.54. The Labute approximate surface area is 110 Å². The normalized spacial score (nSPS) is 24.8. The third-order valence-electron chi connectivity index (χ3n) is 3.43. The van der Waals surface area contributed by atoms with Gasteiger partial charge in [0, 0.05) is 0 Å². The van der Waals surface area contributed by atoms with Crippen molar-refractivity contribution in [3.8, 4) is 0 Å². The van der Waals surface area contributed by atoms with E-state index in [2.05, 4.69) is 64.1 Å². The Balaban J connectivity index is 2.13. The molecule has 1 aromatic rings. The molecule has 1 aliphatic heterocycles. The monoisotopic (exact) mass is 296 g/mol. The van der Waals surface area contributed by atoms with Crippen molar-refractivity contribution >= 4 is 19.4 Å². The van der Waals surface area contributed by atoms with Crippen molar-refractivity contribution in [2.45, 2.75) is 33.3 Å². The van der Waals surface area contributed by atoms with Crippen LogP contribution in [0.3, 0.4) is 0 Å². The van der Waals surface area contributed by atoms with Gasteiger partial charge in [-0.1, -0.05) is 0 Å². The molecule has 0 aliphatic carbocycles. The van der Waals surface area contributed by atoms with Crippen LogP contribution >= 0.6 is 0 Å². The Morgan fingerprint density at radius 2 is 1.82 bits per heavy atom. The van der Waals surface area contributed by atoms with E-state index in [4.69, 9.17) is 4.74 Å². The van der Waals surface area contributed by atoms with E-state index in [1.54, 1.807) is 0 Å². The molecule has 1 atom stereocenters. The maximum absolute atomic E-state index is 6.01. The van der Waals surface area contributed by atoms with Crippen LogP contribution in [-0.4, -0.2) is 27.2 Å². The van der Waals surface area contributed by atoms with Crippen LogP contribution in [0.1, 0.15) is 27.7 Å². The molecule has 1 aromatic carbocycles. The van der Waals surface area contributed by atoms with E-state index >= 15 is 0 Å². The molecule has 0 radical (unpaired) electrons. The number of hydrogen-bond donors (Lipinski definition) is 0. The van der Waals surface area contributed by atoms with Gasteiger partial charge in [0.25, 0.3) is 0 Å². The van der Waals surface area contributed by atoms with Gasteiger partial charge in [-0.25, -0.2) is 0 Å². The average molecular weight is 295 g/mol. The molecule has 1 unspecified atom stereocenters. The minimum atomic E-state index is -0.112. The molecule has 0 amide bonds. The molecule has 0 N–H and O–H groups in total. The molecule has 1 aliphatic rings. The van der Waals surface area contributed by atoms with Crippen molar-refractivity contribution in [3.05, 3.63) is 40.9 Å². The Kier molecular flexibility index (Phi) is 3.49. The first-order valence-electron chi connectivity index (χ1n) is 5.99. The molecule has 2 rings (SSSR count). The van der Waals surface area contributed by atoms with Gasteiger partial charge in [-0.05, 0) is 0 Å². The Bertz CT molecular complexity index is 416. The summed E-state index contributed by atoms with van der Waals surface area (Å²) in [5, 5.41) is 0. The molecule has 0 bridgehead atoms. The number of rotatable bonds is 2. The molecule has 92 valence electrons. The fourth-order valence-corrected chi connectivity index (χ4v) is 3.84. The van der Waals surface area contributed by atoms with Crippen molar-refractivity contribution in [1.82, 2.24) is 0 Å². The molecule has 1 heterocycles. The molecular formula is C15H20OSe. The van der Waals surface area contributed by atoms with Gasteiger partial charge in [0.15, 0.2) is 0 Å². The molecule has 0 fully saturated rings. The van der Waals surface area contributed by atoms with Crippen LogP contribution in [0.5, 0.6) is 0 Å². The van der Waals surface area contributed by atoms with Crippen molar-refractivity contribution in [1.29, 1.82) is 0 Å². The number of ether oxygens (including phenoxy) is 1. The van der Waals surface area contributed by atoms with Crippen LogP contribution in [-0.2, 0) is 4.74 Å². The van der Waals surface area contributed by atoms with Crippen LogP contribution in [0.2, 0.25) is 0 Å². The first-order valence-corrected chi connectivity index (χ1v) is 7.71. The second-order valence-corrected chi connectivity index (χ2v) is 8.19. The summed E-state index contributed by atoms with van der Waals surface area (Å²) in [4.78, 5) is 0. The van der Waals surface area contributed by atoms with E-state index in [0.29, 0.717) is 15.0 Å². The second kappa shape index (κ2) is 4.61. The molecule has 17 heavy (non-hydrogen) atoms. The van der Waals surface area contributed by atoms with Crippen molar-refractivity contribution < 1.29 is 4.74 Å². The molecule has 0 saturated heterocycles. The summed E-state index contributed by atoms with van der Waals surface area (Å²) in [5.41, 5.74) is 0.0420. The van der Waals surface area contributed by atoms with Gasteiger partial charge in [0.2, 0.25) is 0 Å². The molecule has 0 aromatic heterocycles. The van der Waals surface area contributed by atoms with Crippen molar-refractivity contribution in [2.75, 3.05) is 6.61 Å². The standard InChI is InChI=1S/C15H20OSe/c1-14(2,3)15(4)10-13(11-16-15)17-12-8-6-5-7-9-12/h5-10H,11H2,1-4H3. The minimum absolute atomic E-state index is 0.112. The first-order chi connectivity index (χ1) is 7.91. The average Bonchev–Trinajstić information content (AvgIpc) is 2.62. The third kappa shape index (κ3) is 2.82. The summed E-state index contributed by atoms with van der Waals surface area (Å²) >= 11 is 0.407. The van der Waals surface area contributed by atoms with Gasteiger partial charge < -0.3 is 0 Å². The fraction of sp³-hybridized carbons (Fsp3) is 0.467. The zero-order valence-electron chi connectivity index (χ0n) is 11.0. The first kappa shape index (κ1) is 12.9.